The molecule has 0 saturated heterocycles. The zero-order valence-corrected chi connectivity index (χ0v) is 12.3. The normalized spacial score (nSPS) is 10.2. The van der Waals surface area contributed by atoms with Crippen molar-refractivity contribution in [3.63, 3.8) is 0 Å². The molecule has 2 amide bonds. The Morgan fingerprint density at radius 1 is 1.19 bits per heavy atom. The Kier molecular flexibility index (Phi) is 4.37. The molecule has 0 fully saturated rings. The first kappa shape index (κ1) is 14.8. The van der Waals surface area contributed by atoms with Crippen LogP contribution in [0.3, 0.4) is 0 Å². The fraction of sp³-hybridized carbons (Fsp3) is 0.267. The Labute approximate surface area is 123 Å². The molecule has 2 rings (SSSR count). The Morgan fingerprint density at radius 3 is 2.52 bits per heavy atom. The second-order valence-corrected chi connectivity index (χ2v) is 4.81. The number of aryl methyl sites for hydroxylation is 3. The van der Waals surface area contributed by atoms with E-state index in [-0.39, 0.29) is 0 Å². The third kappa shape index (κ3) is 3.68. The molecule has 0 aliphatic heterocycles. The van der Waals surface area contributed by atoms with Crippen molar-refractivity contribution in [2.45, 2.75) is 27.3 Å². The maximum atomic E-state index is 11.9. The quantitative estimate of drug-likeness (QED) is 0.848. The molecule has 2 N–H and O–H groups in total. The van der Waals surface area contributed by atoms with Gasteiger partial charge in [0.15, 0.2) is 0 Å². The van der Waals surface area contributed by atoms with Crippen molar-refractivity contribution in [2.24, 2.45) is 0 Å². The summed E-state index contributed by atoms with van der Waals surface area (Å²) in [6, 6.07) is 5.61. The highest BCUT2D eigenvalue weighted by atomic mass is 16.2. The van der Waals surface area contributed by atoms with Gasteiger partial charge in [0, 0.05) is 18.4 Å². The van der Waals surface area contributed by atoms with Crippen LogP contribution in [0.2, 0.25) is 0 Å². The summed E-state index contributed by atoms with van der Waals surface area (Å²) in [5.74, 6) is -1.42. The zero-order chi connectivity index (χ0) is 15.4. The fourth-order valence-electron chi connectivity index (χ4n) is 1.92. The molecule has 0 aliphatic rings. The fourth-order valence-corrected chi connectivity index (χ4v) is 1.92. The van der Waals surface area contributed by atoms with Crippen molar-refractivity contribution < 1.29 is 9.59 Å². The van der Waals surface area contributed by atoms with Gasteiger partial charge in [-0.25, -0.2) is 0 Å². The molecule has 0 aliphatic carbocycles. The van der Waals surface area contributed by atoms with Crippen LogP contribution in [0, 0.1) is 13.8 Å². The highest BCUT2D eigenvalue weighted by Crippen LogP contribution is 2.16. The van der Waals surface area contributed by atoms with Crippen molar-refractivity contribution in [3.8, 4) is 0 Å². The van der Waals surface area contributed by atoms with Crippen molar-refractivity contribution in [2.75, 3.05) is 10.6 Å². The van der Waals surface area contributed by atoms with Gasteiger partial charge in [-0.3, -0.25) is 14.3 Å². The third-order valence-corrected chi connectivity index (χ3v) is 3.05. The van der Waals surface area contributed by atoms with Gasteiger partial charge in [0.05, 0.1) is 11.9 Å². The summed E-state index contributed by atoms with van der Waals surface area (Å²) in [7, 11) is 0. The van der Waals surface area contributed by atoms with Gasteiger partial charge in [-0.15, -0.1) is 0 Å². The maximum Gasteiger partial charge on any atom is 0.314 e. The highest BCUT2D eigenvalue weighted by molar-refractivity contribution is 6.43. The number of aromatic nitrogens is 2. The van der Waals surface area contributed by atoms with E-state index >= 15 is 0 Å². The molecule has 0 unspecified atom stereocenters. The summed E-state index contributed by atoms with van der Waals surface area (Å²) in [5.41, 5.74) is 3.14. The van der Waals surface area contributed by atoms with Gasteiger partial charge in [0.1, 0.15) is 0 Å². The molecule has 0 saturated carbocycles. The minimum absolute atomic E-state index is 0.498. The smallest absolute Gasteiger partial charge is 0.314 e. The SMILES string of the molecule is CCn1cc(NC(=O)C(=O)Nc2ccc(C)cc2C)cn1. The van der Waals surface area contributed by atoms with Crippen LogP contribution in [0.15, 0.2) is 30.6 Å². The molecule has 6 heteroatoms. The van der Waals surface area contributed by atoms with Crippen LogP contribution in [-0.2, 0) is 16.1 Å². The van der Waals surface area contributed by atoms with Crippen LogP contribution < -0.4 is 10.6 Å². The lowest BCUT2D eigenvalue weighted by molar-refractivity contribution is -0.133. The molecular formula is C15H18N4O2. The number of carbonyl (C=O) groups excluding carboxylic acids is 2. The lowest BCUT2D eigenvalue weighted by atomic mass is 10.1. The standard InChI is InChI=1S/C15H18N4O2/c1-4-19-9-12(8-16-19)17-14(20)15(21)18-13-6-5-10(2)7-11(13)3/h5-9H,4H2,1-3H3,(H,17,20)(H,18,21). The van der Waals surface area contributed by atoms with Gasteiger partial charge in [0.25, 0.3) is 0 Å². The Hall–Kier alpha value is -2.63. The Morgan fingerprint density at radius 2 is 1.90 bits per heavy atom. The summed E-state index contributed by atoms with van der Waals surface area (Å²) in [5, 5.41) is 9.14. The van der Waals surface area contributed by atoms with Crippen LogP contribution in [0.25, 0.3) is 0 Å². The van der Waals surface area contributed by atoms with E-state index in [1.807, 2.05) is 32.9 Å². The van der Waals surface area contributed by atoms with E-state index in [1.54, 1.807) is 16.9 Å². The van der Waals surface area contributed by atoms with E-state index in [1.165, 1.54) is 6.20 Å². The number of hydrogen-bond donors (Lipinski definition) is 2. The molecule has 2 aromatic rings. The first-order valence-corrected chi connectivity index (χ1v) is 6.71. The number of carbonyl (C=O) groups is 2. The average Bonchev–Trinajstić information content (AvgIpc) is 2.89. The van der Waals surface area contributed by atoms with Gasteiger partial charge < -0.3 is 10.6 Å². The molecule has 0 bridgehead atoms. The molecule has 21 heavy (non-hydrogen) atoms. The van der Waals surface area contributed by atoms with Crippen molar-refractivity contribution in [1.29, 1.82) is 0 Å². The number of nitrogens with zero attached hydrogens (tertiary/aromatic N) is 2. The predicted molar refractivity (Wildman–Crippen MR) is 81.1 cm³/mol. The van der Waals surface area contributed by atoms with Crippen molar-refractivity contribution in [3.05, 3.63) is 41.7 Å². The van der Waals surface area contributed by atoms with Crippen molar-refractivity contribution in [1.82, 2.24) is 9.78 Å². The van der Waals surface area contributed by atoms with Gasteiger partial charge in [-0.2, -0.15) is 5.10 Å². The van der Waals surface area contributed by atoms with Crippen LogP contribution in [0.1, 0.15) is 18.1 Å². The largest absolute Gasteiger partial charge is 0.318 e. The summed E-state index contributed by atoms with van der Waals surface area (Å²) in [6.45, 7) is 6.48. The Balaban J connectivity index is 2.00. The molecule has 0 spiro atoms. The van der Waals surface area contributed by atoms with E-state index in [4.69, 9.17) is 0 Å². The molecule has 0 radical (unpaired) electrons. The molecule has 1 heterocycles. The second kappa shape index (κ2) is 6.21. The third-order valence-electron chi connectivity index (χ3n) is 3.05. The molecule has 1 aromatic heterocycles. The molecular weight excluding hydrogens is 268 g/mol. The number of benzene rings is 1. The van der Waals surface area contributed by atoms with Gasteiger partial charge >= 0.3 is 11.8 Å². The summed E-state index contributed by atoms with van der Waals surface area (Å²) < 4.78 is 1.66. The van der Waals surface area contributed by atoms with Crippen LogP contribution in [0.4, 0.5) is 11.4 Å². The maximum absolute atomic E-state index is 11.9. The van der Waals surface area contributed by atoms with E-state index in [0.717, 1.165) is 11.1 Å². The number of rotatable bonds is 3. The first-order chi connectivity index (χ1) is 9.99. The molecule has 110 valence electrons. The monoisotopic (exact) mass is 286 g/mol. The predicted octanol–water partition coefficient (Wildman–Crippen LogP) is 2.10. The Bertz CT molecular complexity index is 676. The second-order valence-electron chi connectivity index (χ2n) is 4.81. The van der Waals surface area contributed by atoms with E-state index in [9.17, 15) is 9.59 Å². The molecule has 1 aromatic carbocycles. The van der Waals surface area contributed by atoms with Crippen LogP contribution in [-0.4, -0.2) is 21.6 Å². The minimum Gasteiger partial charge on any atom is -0.318 e. The van der Waals surface area contributed by atoms with Crippen molar-refractivity contribution >= 4 is 23.2 Å². The lowest BCUT2D eigenvalue weighted by Gasteiger charge is -2.08. The number of nitrogens with one attached hydrogen (secondary N) is 2. The van der Waals surface area contributed by atoms with E-state index in [2.05, 4.69) is 15.7 Å². The van der Waals surface area contributed by atoms with Gasteiger partial charge in [-0.05, 0) is 32.4 Å². The number of hydrogen-bond acceptors (Lipinski definition) is 3. The van der Waals surface area contributed by atoms with Crippen LogP contribution >= 0.6 is 0 Å². The average molecular weight is 286 g/mol. The van der Waals surface area contributed by atoms with Crippen LogP contribution in [0.5, 0.6) is 0 Å². The number of amides is 2. The zero-order valence-electron chi connectivity index (χ0n) is 12.3. The lowest BCUT2D eigenvalue weighted by Crippen LogP contribution is -2.29. The summed E-state index contributed by atoms with van der Waals surface area (Å²) in [4.78, 5) is 23.7. The molecule has 0 atom stereocenters. The van der Waals surface area contributed by atoms with E-state index < -0.39 is 11.8 Å². The van der Waals surface area contributed by atoms with E-state index in [0.29, 0.717) is 17.9 Å². The summed E-state index contributed by atoms with van der Waals surface area (Å²) in [6.07, 6.45) is 3.17. The van der Waals surface area contributed by atoms with Gasteiger partial charge in [0.2, 0.25) is 0 Å². The highest BCUT2D eigenvalue weighted by Gasteiger charge is 2.15. The topological polar surface area (TPSA) is 76.0 Å². The number of anilines is 2. The first-order valence-electron chi connectivity index (χ1n) is 6.71. The summed E-state index contributed by atoms with van der Waals surface area (Å²) >= 11 is 0. The molecule has 6 nitrogen and oxygen atoms in total. The minimum atomic E-state index is -0.717. The van der Waals surface area contributed by atoms with Gasteiger partial charge in [-0.1, -0.05) is 17.7 Å².